The molecule has 0 radical (unpaired) electrons. The molecule has 2 aromatic rings. The zero-order chi connectivity index (χ0) is 13.8. The van der Waals surface area contributed by atoms with Gasteiger partial charge in [-0.3, -0.25) is 0 Å². The summed E-state index contributed by atoms with van der Waals surface area (Å²) >= 11 is 8.78. The molecule has 98 valence electrons. The summed E-state index contributed by atoms with van der Waals surface area (Å²) in [4.78, 5) is 2.05. The van der Waals surface area contributed by atoms with Crippen molar-refractivity contribution >= 4 is 44.6 Å². The van der Waals surface area contributed by atoms with Crippen molar-refractivity contribution in [3.63, 3.8) is 0 Å². The highest BCUT2D eigenvalue weighted by Gasteiger charge is 2.09. The van der Waals surface area contributed by atoms with Gasteiger partial charge in [-0.25, -0.2) is 5.32 Å². The summed E-state index contributed by atoms with van der Waals surface area (Å²) in [6.07, 6.45) is 3.90. The number of nitrogens with zero attached hydrogens (tertiary/aromatic N) is 2. The normalized spacial score (nSPS) is 10.1. The summed E-state index contributed by atoms with van der Waals surface area (Å²) in [5, 5.41) is 3.84. The van der Waals surface area contributed by atoms with Crippen LogP contribution in [0.1, 0.15) is 0 Å². The van der Waals surface area contributed by atoms with Gasteiger partial charge >= 0.3 is 5.11 Å². The number of halogens is 1. The number of pyridine rings is 1. The fraction of sp³-hybridized carbons (Fsp3) is 0.143. The molecule has 0 unspecified atom stereocenters. The Balaban J connectivity index is 2.09. The molecule has 0 aliphatic rings. The second-order valence-corrected chi connectivity index (χ2v) is 5.60. The van der Waals surface area contributed by atoms with Crippen LogP contribution < -0.4 is 14.8 Å². The highest BCUT2D eigenvalue weighted by atomic mass is 79.9. The van der Waals surface area contributed by atoms with Gasteiger partial charge in [0.15, 0.2) is 0 Å². The summed E-state index contributed by atoms with van der Waals surface area (Å²) in [6, 6.07) is 12.0. The zero-order valence-electron chi connectivity index (χ0n) is 10.8. The second-order valence-electron chi connectivity index (χ2n) is 4.30. The van der Waals surface area contributed by atoms with Gasteiger partial charge in [-0.1, -0.05) is 15.9 Å². The predicted octanol–water partition coefficient (Wildman–Crippen LogP) is 3.05. The summed E-state index contributed by atoms with van der Waals surface area (Å²) in [5.74, 6) is 0. The molecule has 1 aromatic heterocycles. The van der Waals surface area contributed by atoms with Crippen molar-refractivity contribution in [2.75, 3.05) is 24.3 Å². The highest BCUT2D eigenvalue weighted by molar-refractivity contribution is 9.10. The molecule has 1 heterocycles. The van der Waals surface area contributed by atoms with Crippen molar-refractivity contribution in [3.05, 3.63) is 53.3 Å². The van der Waals surface area contributed by atoms with E-state index >= 15 is 0 Å². The molecule has 0 spiro atoms. The standard InChI is InChI=1S/C14H14BrN3S/c1-17(2)13-7-9-18(10-8-13)14(19)16-12-5-3-11(15)4-6-12/h3-10H,1-2H3/p+1. The number of thiocarbonyl (C=S) groups is 1. The van der Waals surface area contributed by atoms with E-state index in [4.69, 9.17) is 12.2 Å². The second kappa shape index (κ2) is 6.12. The van der Waals surface area contributed by atoms with Gasteiger partial charge in [0.25, 0.3) is 0 Å². The van der Waals surface area contributed by atoms with E-state index < -0.39 is 0 Å². The topological polar surface area (TPSA) is 19.1 Å². The van der Waals surface area contributed by atoms with Gasteiger partial charge in [-0.15, -0.1) is 0 Å². The van der Waals surface area contributed by atoms with Crippen LogP contribution in [0.25, 0.3) is 0 Å². The largest absolute Gasteiger partial charge is 0.377 e. The molecule has 0 amide bonds. The fourth-order valence-electron chi connectivity index (χ4n) is 1.57. The lowest BCUT2D eigenvalue weighted by Gasteiger charge is -2.11. The first kappa shape index (κ1) is 14.0. The molecule has 3 nitrogen and oxygen atoms in total. The van der Waals surface area contributed by atoms with Gasteiger partial charge in [-0.2, -0.15) is 4.57 Å². The van der Waals surface area contributed by atoms with Crippen molar-refractivity contribution in [2.24, 2.45) is 0 Å². The molecule has 0 bridgehead atoms. The molecule has 19 heavy (non-hydrogen) atoms. The molecule has 2 rings (SSSR count). The summed E-state index contributed by atoms with van der Waals surface area (Å²) in [6.45, 7) is 0. The number of anilines is 2. The fourth-order valence-corrected chi connectivity index (χ4v) is 2.08. The van der Waals surface area contributed by atoms with E-state index in [-0.39, 0.29) is 0 Å². The van der Waals surface area contributed by atoms with Gasteiger partial charge in [0.2, 0.25) is 0 Å². The average Bonchev–Trinajstić information content (AvgIpc) is 2.41. The number of benzene rings is 1. The Hall–Kier alpha value is -1.46. The molecular formula is C14H15BrN3S+. The van der Waals surface area contributed by atoms with Crippen LogP contribution in [0.15, 0.2) is 53.3 Å². The van der Waals surface area contributed by atoms with Gasteiger partial charge in [-0.05, 0) is 24.3 Å². The van der Waals surface area contributed by atoms with Gasteiger partial charge < -0.3 is 4.90 Å². The zero-order valence-corrected chi connectivity index (χ0v) is 13.2. The third-order valence-electron chi connectivity index (χ3n) is 2.66. The molecule has 5 heteroatoms. The minimum absolute atomic E-state index is 0.646. The molecule has 0 saturated carbocycles. The van der Waals surface area contributed by atoms with E-state index in [1.54, 1.807) is 0 Å². The van der Waals surface area contributed by atoms with E-state index in [1.807, 2.05) is 67.5 Å². The Morgan fingerprint density at radius 2 is 1.68 bits per heavy atom. The number of nitrogens with one attached hydrogen (secondary N) is 1. The average molecular weight is 337 g/mol. The molecule has 0 aliphatic carbocycles. The first-order valence-electron chi connectivity index (χ1n) is 5.82. The summed E-state index contributed by atoms with van der Waals surface area (Å²) in [5.41, 5.74) is 2.11. The number of aromatic nitrogens is 1. The molecule has 0 saturated heterocycles. The van der Waals surface area contributed by atoms with Crippen molar-refractivity contribution < 1.29 is 4.57 Å². The van der Waals surface area contributed by atoms with Gasteiger partial charge in [0.05, 0.1) is 12.4 Å². The maximum atomic E-state index is 5.37. The van der Waals surface area contributed by atoms with Gasteiger partial charge in [0.1, 0.15) is 5.69 Å². The number of hydrogen-bond acceptors (Lipinski definition) is 2. The molecule has 0 atom stereocenters. The summed E-state index contributed by atoms with van der Waals surface area (Å²) in [7, 11) is 4.02. The molecule has 0 aliphatic heterocycles. The Kier molecular flexibility index (Phi) is 4.50. The number of rotatable bonds is 2. The molecule has 0 fully saturated rings. The maximum absolute atomic E-state index is 5.37. The third kappa shape index (κ3) is 3.75. The summed E-state index contributed by atoms with van der Waals surface area (Å²) < 4.78 is 2.93. The van der Waals surface area contributed by atoms with Crippen molar-refractivity contribution in [2.45, 2.75) is 0 Å². The predicted molar refractivity (Wildman–Crippen MR) is 86.7 cm³/mol. The Bertz CT molecular complexity index is 564. The molecule has 1 aromatic carbocycles. The van der Waals surface area contributed by atoms with Crippen molar-refractivity contribution in [1.29, 1.82) is 0 Å². The third-order valence-corrected chi connectivity index (χ3v) is 3.50. The quantitative estimate of drug-likeness (QED) is 0.672. The van der Waals surface area contributed by atoms with E-state index in [1.165, 1.54) is 0 Å². The Morgan fingerprint density at radius 3 is 2.21 bits per heavy atom. The lowest BCUT2D eigenvalue weighted by atomic mass is 10.3. The van der Waals surface area contributed by atoms with Crippen LogP contribution in [0.3, 0.4) is 0 Å². The highest BCUT2D eigenvalue weighted by Crippen LogP contribution is 2.14. The van der Waals surface area contributed by atoms with Gasteiger partial charge in [0, 0.05) is 48.6 Å². The van der Waals surface area contributed by atoms with Crippen LogP contribution in [-0.4, -0.2) is 19.2 Å². The smallest absolute Gasteiger partial charge is 0.353 e. The minimum atomic E-state index is 0.646. The molecular weight excluding hydrogens is 322 g/mol. The van der Waals surface area contributed by atoms with E-state index in [0.717, 1.165) is 15.8 Å². The SMILES string of the molecule is CN(C)c1cc[n+](C(=S)Nc2ccc(Br)cc2)cc1. The van der Waals surface area contributed by atoms with Crippen LogP contribution in [0.4, 0.5) is 11.4 Å². The Labute approximate surface area is 127 Å². The van der Waals surface area contributed by atoms with Crippen LogP contribution in [0.2, 0.25) is 0 Å². The van der Waals surface area contributed by atoms with Crippen molar-refractivity contribution in [1.82, 2.24) is 0 Å². The minimum Gasteiger partial charge on any atom is -0.377 e. The van der Waals surface area contributed by atoms with Crippen LogP contribution in [0, 0.1) is 0 Å². The first-order valence-corrected chi connectivity index (χ1v) is 7.02. The van der Waals surface area contributed by atoms with E-state index in [9.17, 15) is 0 Å². The van der Waals surface area contributed by atoms with E-state index in [0.29, 0.717) is 5.11 Å². The van der Waals surface area contributed by atoms with E-state index in [2.05, 4.69) is 26.1 Å². The Morgan fingerprint density at radius 1 is 1.11 bits per heavy atom. The number of hydrogen-bond donors (Lipinski definition) is 1. The lowest BCUT2D eigenvalue weighted by molar-refractivity contribution is -0.551. The van der Waals surface area contributed by atoms with Crippen molar-refractivity contribution in [3.8, 4) is 0 Å². The van der Waals surface area contributed by atoms with Crippen LogP contribution in [0.5, 0.6) is 0 Å². The lowest BCUT2D eigenvalue weighted by Crippen LogP contribution is -2.45. The van der Waals surface area contributed by atoms with Crippen LogP contribution in [-0.2, 0) is 0 Å². The molecule has 1 N–H and O–H groups in total. The maximum Gasteiger partial charge on any atom is 0.353 e. The van der Waals surface area contributed by atoms with Crippen LogP contribution >= 0.6 is 28.1 Å². The first-order chi connectivity index (χ1) is 9.06. The monoisotopic (exact) mass is 336 g/mol.